The molecule has 0 fully saturated rings. The molecule has 0 saturated carbocycles. The van der Waals surface area contributed by atoms with E-state index in [0.29, 0.717) is 0 Å². The average molecular weight is 776 g/mol. The van der Waals surface area contributed by atoms with Crippen molar-refractivity contribution in [1.29, 1.82) is 0 Å². The van der Waals surface area contributed by atoms with Crippen LogP contribution in [-0.2, 0) is 28.1 Å². The second-order valence-corrected chi connectivity index (χ2v) is 12.0. The number of para-hydroxylation sites is 3. The molecule has 0 bridgehead atoms. The number of aromatic nitrogens is 5. The third-order valence-electron chi connectivity index (χ3n) is 9.24. The Morgan fingerprint density at radius 3 is 1.80 bits per heavy atom. The first-order valence-electron chi connectivity index (χ1n) is 15.3. The molecule has 4 heterocycles. The van der Waals surface area contributed by atoms with E-state index in [1.165, 1.54) is 27.4 Å². The first-order chi connectivity index (χ1) is 22.0. The SMILES string of the molecule is Cc1ccc2c(c1)c1cc3c4cc(C)ccc4n(-c4[c-]c(-n5c(C)[n+](C)c6ccccc65)ccc4)c3nc1n2-c1[c-]cccc1.[Pt+2]. The predicted molar refractivity (Wildman–Crippen MR) is 183 cm³/mol. The molecule has 5 nitrogen and oxygen atoms in total. The Balaban J connectivity index is 0.00000312. The third kappa shape index (κ3) is 4.05. The van der Waals surface area contributed by atoms with Crippen molar-refractivity contribution in [3.8, 4) is 17.1 Å². The van der Waals surface area contributed by atoms with Crippen molar-refractivity contribution < 1.29 is 25.6 Å². The van der Waals surface area contributed by atoms with Crippen molar-refractivity contribution >= 4 is 54.9 Å². The molecule has 9 rings (SSSR count). The molecule has 46 heavy (non-hydrogen) atoms. The number of imidazole rings is 1. The number of aryl methyl sites for hydroxylation is 3. The monoisotopic (exact) mass is 775 g/mol. The van der Waals surface area contributed by atoms with Crippen LogP contribution in [0.3, 0.4) is 0 Å². The van der Waals surface area contributed by atoms with Gasteiger partial charge in [0.05, 0.1) is 18.1 Å². The van der Waals surface area contributed by atoms with Crippen LogP contribution in [0.5, 0.6) is 0 Å². The van der Waals surface area contributed by atoms with Gasteiger partial charge in [-0.1, -0.05) is 46.8 Å². The summed E-state index contributed by atoms with van der Waals surface area (Å²) >= 11 is 0. The topological polar surface area (TPSA) is 31.6 Å². The van der Waals surface area contributed by atoms with E-state index in [9.17, 15) is 0 Å². The van der Waals surface area contributed by atoms with Gasteiger partial charge in [-0.15, -0.1) is 24.3 Å². The van der Waals surface area contributed by atoms with Gasteiger partial charge in [0, 0.05) is 34.2 Å². The fraction of sp³-hybridized carbons (Fsp3) is 0.100. The standard InChI is InChI=1S/C40H30N5.Pt/c1-25-17-19-35-31(21-25)33-24-34-32-22-26(2)18-20-36(32)45(40(34)41-39(33)44(35)28-11-6-5-7-12-28)30-14-10-13-29(23-30)43-27(3)42(4)37-15-8-9-16-38(37)43;/h5-11,13-22,24H,1-4H3;/q-1;+2. The van der Waals surface area contributed by atoms with Gasteiger partial charge in [-0.05, 0) is 56.3 Å². The van der Waals surface area contributed by atoms with E-state index < -0.39 is 0 Å². The summed E-state index contributed by atoms with van der Waals surface area (Å²) in [4.78, 5) is 5.51. The van der Waals surface area contributed by atoms with Crippen molar-refractivity contribution in [2.75, 3.05) is 0 Å². The number of hydrogen-bond donors (Lipinski definition) is 0. The van der Waals surface area contributed by atoms with Crippen molar-refractivity contribution in [1.82, 2.24) is 18.7 Å². The van der Waals surface area contributed by atoms with Crippen LogP contribution in [0.15, 0.2) is 109 Å². The summed E-state index contributed by atoms with van der Waals surface area (Å²) < 4.78 is 9.04. The Morgan fingerprint density at radius 1 is 0.565 bits per heavy atom. The van der Waals surface area contributed by atoms with Crippen LogP contribution in [0.4, 0.5) is 0 Å². The number of fused-ring (bicyclic) bond motifs is 7. The molecule has 0 atom stereocenters. The van der Waals surface area contributed by atoms with Gasteiger partial charge in [-0.3, -0.25) is 0 Å². The van der Waals surface area contributed by atoms with Crippen LogP contribution in [-0.4, -0.2) is 18.7 Å². The summed E-state index contributed by atoms with van der Waals surface area (Å²) in [5.41, 5.74) is 11.8. The van der Waals surface area contributed by atoms with Gasteiger partial charge in [0.1, 0.15) is 11.3 Å². The van der Waals surface area contributed by atoms with E-state index in [4.69, 9.17) is 4.98 Å². The van der Waals surface area contributed by atoms with E-state index in [2.05, 4.69) is 155 Å². The summed E-state index contributed by atoms with van der Waals surface area (Å²) in [6.07, 6.45) is 0. The number of hydrogen-bond acceptors (Lipinski definition) is 1. The minimum Gasteiger partial charge on any atom is -0.318 e. The molecule has 0 radical (unpaired) electrons. The molecule has 0 unspecified atom stereocenters. The Morgan fingerprint density at radius 2 is 1.15 bits per heavy atom. The Kier molecular flexibility index (Phi) is 6.52. The quantitative estimate of drug-likeness (QED) is 0.131. The van der Waals surface area contributed by atoms with E-state index in [1.54, 1.807) is 0 Å². The predicted octanol–water partition coefficient (Wildman–Crippen LogP) is 8.57. The second kappa shape index (κ2) is 10.5. The second-order valence-electron chi connectivity index (χ2n) is 12.0. The first-order valence-corrected chi connectivity index (χ1v) is 15.3. The van der Waals surface area contributed by atoms with Gasteiger partial charge in [0.25, 0.3) is 5.82 Å². The summed E-state index contributed by atoms with van der Waals surface area (Å²) in [5.74, 6) is 1.14. The zero-order valence-corrected chi connectivity index (χ0v) is 28.2. The van der Waals surface area contributed by atoms with Gasteiger partial charge < -0.3 is 9.13 Å². The number of benzene rings is 5. The average Bonchev–Trinajstić information content (AvgIpc) is 3.64. The number of rotatable bonds is 3. The first kappa shape index (κ1) is 28.5. The molecule has 0 N–H and O–H groups in total. The molecular weight excluding hydrogens is 746 g/mol. The number of nitrogens with zero attached hydrogens (tertiary/aromatic N) is 5. The minimum atomic E-state index is 0. The normalized spacial score (nSPS) is 11.7. The minimum absolute atomic E-state index is 0. The summed E-state index contributed by atoms with van der Waals surface area (Å²) in [5, 5.41) is 4.65. The van der Waals surface area contributed by atoms with Gasteiger partial charge in [-0.25, -0.2) is 14.1 Å². The zero-order chi connectivity index (χ0) is 30.4. The van der Waals surface area contributed by atoms with E-state index in [0.717, 1.165) is 61.5 Å². The molecule has 0 aliphatic rings. The molecule has 224 valence electrons. The van der Waals surface area contributed by atoms with Crippen LogP contribution >= 0.6 is 0 Å². The van der Waals surface area contributed by atoms with Crippen LogP contribution in [0.2, 0.25) is 0 Å². The van der Waals surface area contributed by atoms with Crippen molar-refractivity contribution in [2.45, 2.75) is 20.8 Å². The molecule has 0 aliphatic heterocycles. The van der Waals surface area contributed by atoms with Crippen LogP contribution < -0.4 is 4.57 Å². The maximum absolute atomic E-state index is 5.51. The van der Waals surface area contributed by atoms with Gasteiger partial charge in [0.15, 0.2) is 11.0 Å². The summed E-state index contributed by atoms with van der Waals surface area (Å²) in [7, 11) is 2.12. The summed E-state index contributed by atoms with van der Waals surface area (Å²) in [6, 6.07) is 46.0. The van der Waals surface area contributed by atoms with Gasteiger partial charge >= 0.3 is 21.1 Å². The van der Waals surface area contributed by atoms with Crippen LogP contribution in [0, 0.1) is 32.9 Å². The number of pyridine rings is 1. The zero-order valence-electron chi connectivity index (χ0n) is 25.9. The molecule has 0 saturated heterocycles. The molecular formula is C40H30N5Pt+. The van der Waals surface area contributed by atoms with Crippen molar-refractivity contribution in [3.05, 3.63) is 138 Å². The van der Waals surface area contributed by atoms with Crippen LogP contribution in [0.1, 0.15) is 17.0 Å². The summed E-state index contributed by atoms with van der Waals surface area (Å²) in [6.45, 7) is 6.46. The molecule has 0 amide bonds. The molecule has 6 heteroatoms. The molecule has 9 aromatic rings. The smallest absolute Gasteiger partial charge is 0.318 e. The van der Waals surface area contributed by atoms with Gasteiger partial charge in [0.2, 0.25) is 0 Å². The molecule has 0 aliphatic carbocycles. The van der Waals surface area contributed by atoms with Crippen molar-refractivity contribution in [3.63, 3.8) is 0 Å². The Bertz CT molecular complexity index is 2640. The van der Waals surface area contributed by atoms with E-state index >= 15 is 0 Å². The Labute approximate surface area is 281 Å². The van der Waals surface area contributed by atoms with Crippen molar-refractivity contribution in [2.24, 2.45) is 7.05 Å². The van der Waals surface area contributed by atoms with E-state index in [-0.39, 0.29) is 21.1 Å². The fourth-order valence-corrected chi connectivity index (χ4v) is 7.04. The Hall–Kier alpha value is -4.99. The van der Waals surface area contributed by atoms with E-state index in [1.807, 2.05) is 12.1 Å². The maximum atomic E-state index is 5.51. The van der Waals surface area contributed by atoms with Crippen LogP contribution in [0.25, 0.3) is 72.0 Å². The molecule has 5 aromatic carbocycles. The molecule has 0 spiro atoms. The third-order valence-corrected chi connectivity index (χ3v) is 9.24. The largest absolute Gasteiger partial charge is 2.00 e. The fourth-order valence-electron chi connectivity index (χ4n) is 7.04. The van der Waals surface area contributed by atoms with Gasteiger partial charge in [-0.2, -0.15) is 30.3 Å². The molecule has 4 aromatic heterocycles. The maximum Gasteiger partial charge on any atom is 2.00 e.